The highest BCUT2D eigenvalue weighted by Crippen LogP contribution is 2.21. The van der Waals surface area contributed by atoms with Gasteiger partial charge in [-0.3, -0.25) is 19.2 Å². The second-order valence-corrected chi connectivity index (χ2v) is 9.51. The highest BCUT2D eigenvalue weighted by atomic mass is 16.4. The van der Waals surface area contributed by atoms with E-state index < -0.39 is 60.2 Å². The first-order chi connectivity index (χ1) is 17.0. The molecule has 3 amide bonds. The van der Waals surface area contributed by atoms with Crippen LogP contribution in [0.2, 0.25) is 0 Å². The van der Waals surface area contributed by atoms with Gasteiger partial charge in [0.25, 0.3) is 0 Å². The number of benzene rings is 1. The molecule has 4 unspecified atom stereocenters. The second kappa shape index (κ2) is 13.6. The van der Waals surface area contributed by atoms with Crippen molar-refractivity contribution in [2.24, 2.45) is 11.7 Å². The van der Waals surface area contributed by atoms with Crippen molar-refractivity contribution in [3.05, 3.63) is 35.9 Å². The first kappa shape index (κ1) is 28.8. The summed E-state index contributed by atoms with van der Waals surface area (Å²) in [5, 5.41) is 23.3. The van der Waals surface area contributed by atoms with Gasteiger partial charge in [-0.05, 0) is 43.6 Å². The number of carboxylic acids is 2. The van der Waals surface area contributed by atoms with E-state index in [0.29, 0.717) is 25.7 Å². The first-order valence-electron chi connectivity index (χ1n) is 12.1. The normalized spacial score (nSPS) is 17.8. The number of nitrogens with zero attached hydrogens (tertiary/aromatic N) is 1. The van der Waals surface area contributed by atoms with Gasteiger partial charge < -0.3 is 31.5 Å². The molecule has 0 radical (unpaired) electrons. The van der Waals surface area contributed by atoms with Crippen LogP contribution < -0.4 is 16.4 Å². The highest BCUT2D eigenvalue weighted by molar-refractivity contribution is 5.94. The van der Waals surface area contributed by atoms with Crippen LogP contribution in [0, 0.1) is 5.92 Å². The lowest BCUT2D eigenvalue weighted by atomic mass is 10.0. The molecule has 0 aromatic heterocycles. The van der Waals surface area contributed by atoms with Gasteiger partial charge in [0.05, 0.1) is 6.04 Å². The van der Waals surface area contributed by atoms with Crippen LogP contribution in [0.25, 0.3) is 0 Å². The minimum absolute atomic E-state index is 0.0619. The Kier molecular flexibility index (Phi) is 10.8. The van der Waals surface area contributed by atoms with E-state index in [4.69, 9.17) is 10.8 Å². The Balaban J connectivity index is 2.09. The molecule has 1 aliphatic heterocycles. The maximum atomic E-state index is 13.4. The molecule has 0 bridgehead atoms. The molecule has 1 aromatic rings. The van der Waals surface area contributed by atoms with Crippen LogP contribution in [0.15, 0.2) is 30.3 Å². The van der Waals surface area contributed by atoms with E-state index in [-0.39, 0.29) is 18.9 Å². The molecule has 11 heteroatoms. The van der Waals surface area contributed by atoms with Crippen molar-refractivity contribution in [3.8, 4) is 0 Å². The average molecular weight is 505 g/mol. The smallest absolute Gasteiger partial charge is 0.326 e. The van der Waals surface area contributed by atoms with Crippen molar-refractivity contribution in [1.82, 2.24) is 15.5 Å². The Labute approximate surface area is 210 Å². The maximum absolute atomic E-state index is 13.4. The Morgan fingerprint density at radius 2 is 1.72 bits per heavy atom. The minimum atomic E-state index is -1.38. The molecule has 6 N–H and O–H groups in total. The van der Waals surface area contributed by atoms with Crippen molar-refractivity contribution in [2.45, 2.75) is 76.5 Å². The SMILES string of the molecule is CC(C)CC(NC(=O)C(N)Cc1ccccc1)C(=O)N1CCCC1C(=O)NC(CCC(=O)O)C(=O)O. The van der Waals surface area contributed by atoms with Crippen LogP contribution in [0.1, 0.15) is 51.5 Å². The molecule has 0 saturated carbocycles. The van der Waals surface area contributed by atoms with Crippen LogP contribution in [0.5, 0.6) is 0 Å². The third-order valence-corrected chi connectivity index (χ3v) is 6.06. The number of carboxylic acid groups (broad SMARTS) is 2. The molecule has 36 heavy (non-hydrogen) atoms. The Hall–Kier alpha value is -3.47. The molecule has 1 aromatic carbocycles. The van der Waals surface area contributed by atoms with Crippen LogP contribution in [-0.4, -0.2) is 75.5 Å². The summed E-state index contributed by atoms with van der Waals surface area (Å²) in [7, 11) is 0. The van der Waals surface area contributed by atoms with Crippen LogP contribution >= 0.6 is 0 Å². The van der Waals surface area contributed by atoms with E-state index >= 15 is 0 Å². The molecule has 2 rings (SSSR count). The predicted octanol–water partition coefficient (Wildman–Crippen LogP) is 0.513. The van der Waals surface area contributed by atoms with E-state index in [2.05, 4.69) is 10.6 Å². The monoisotopic (exact) mass is 504 g/mol. The quantitative estimate of drug-likeness (QED) is 0.258. The number of carbonyl (C=O) groups is 5. The molecule has 0 spiro atoms. The number of likely N-dealkylation sites (tertiary alicyclic amines) is 1. The molecular formula is C25H36N4O7. The molecule has 4 atom stereocenters. The summed E-state index contributed by atoms with van der Waals surface area (Å²) >= 11 is 0. The fourth-order valence-electron chi connectivity index (χ4n) is 4.23. The number of nitrogens with two attached hydrogens (primary N) is 1. The molecule has 1 heterocycles. The number of rotatable bonds is 13. The average Bonchev–Trinajstić information content (AvgIpc) is 3.30. The fraction of sp³-hybridized carbons (Fsp3) is 0.560. The molecule has 1 fully saturated rings. The lowest BCUT2D eigenvalue weighted by Crippen LogP contribution is -2.57. The summed E-state index contributed by atoms with van der Waals surface area (Å²) in [6, 6.07) is 5.23. The number of aliphatic carboxylic acids is 2. The summed E-state index contributed by atoms with van der Waals surface area (Å²) < 4.78 is 0. The summed E-state index contributed by atoms with van der Waals surface area (Å²) in [6.07, 6.45) is 0.810. The molecular weight excluding hydrogens is 468 g/mol. The van der Waals surface area contributed by atoms with Crippen molar-refractivity contribution in [3.63, 3.8) is 0 Å². The number of hydrogen-bond donors (Lipinski definition) is 5. The minimum Gasteiger partial charge on any atom is -0.481 e. The number of amides is 3. The van der Waals surface area contributed by atoms with Gasteiger partial charge in [-0.1, -0.05) is 44.2 Å². The maximum Gasteiger partial charge on any atom is 0.326 e. The van der Waals surface area contributed by atoms with E-state index in [0.717, 1.165) is 5.56 Å². The second-order valence-electron chi connectivity index (χ2n) is 9.51. The Bertz CT molecular complexity index is 938. The van der Waals surface area contributed by atoms with Gasteiger partial charge in [0, 0.05) is 13.0 Å². The van der Waals surface area contributed by atoms with Gasteiger partial charge >= 0.3 is 11.9 Å². The fourth-order valence-corrected chi connectivity index (χ4v) is 4.23. The van der Waals surface area contributed by atoms with Crippen molar-refractivity contribution in [2.75, 3.05) is 6.54 Å². The molecule has 0 aliphatic carbocycles. The van der Waals surface area contributed by atoms with Crippen LogP contribution in [-0.2, 0) is 30.4 Å². The Morgan fingerprint density at radius 3 is 2.31 bits per heavy atom. The van der Waals surface area contributed by atoms with Gasteiger partial charge in [0.2, 0.25) is 17.7 Å². The first-order valence-corrected chi connectivity index (χ1v) is 12.1. The predicted molar refractivity (Wildman–Crippen MR) is 131 cm³/mol. The van der Waals surface area contributed by atoms with Crippen molar-refractivity contribution < 1.29 is 34.2 Å². The zero-order chi connectivity index (χ0) is 26.8. The van der Waals surface area contributed by atoms with E-state index in [1.165, 1.54) is 4.90 Å². The van der Waals surface area contributed by atoms with Gasteiger partial charge in [0.1, 0.15) is 18.1 Å². The molecule has 1 saturated heterocycles. The summed E-state index contributed by atoms with van der Waals surface area (Å²) in [5.74, 6) is -4.03. The van der Waals surface area contributed by atoms with Gasteiger partial charge in [-0.25, -0.2) is 4.79 Å². The van der Waals surface area contributed by atoms with Crippen molar-refractivity contribution >= 4 is 29.7 Å². The Morgan fingerprint density at radius 1 is 1.06 bits per heavy atom. The molecule has 1 aliphatic rings. The lowest BCUT2D eigenvalue weighted by Gasteiger charge is -2.30. The zero-order valence-electron chi connectivity index (χ0n) is 20.7. The van der Waals surface area contributed by atoms with E-state index in [1.807, 2.05) is 44.2 Å². The topological polar surface area (TPSA) is 179 Å². The standard InChI is InChI=1S/C25H36N4O7/c1-15(2)13-19(28-22(32)17(26)14-16-7-4-3-5-8-16)24(34)29-12-6-9-20(29)23(33)27-18(25(35)36)10-11-21(30)31/h3-5,7-8,15,17-20H,6,9-14,26H2,1-2H3,(H,27,33)(H,28,32)(H,30,31)(H,35,36). The third kappa shape index (κ3) is 8.63. The van der Waals surface area contributed by atoms with Crippen LogP contribution in [0.4, 0.5) is 0 Å². The summed E-state index contributed by atoms with van der Waals surface area (Å²) in [6.45, 7) is 4.10. The van der Waals surface area contributed by atoms with Crippen LogP contribution in [0.3, 0.4) is 0 Å². The largest absolute Gasteiger partial charge is 0.481 e. The lowest BCUT2D eigenvalue weighted by molar-refractivity contribution is -0.145. The van der Waals surface area contributed by atoms with E-state index in [1.54, 1.807) is 0 Å². The zero-order valence-corrected chi connectivity index (χ0v) is 20.7. The third-order valence-electron chi connectivity index (χ3n) is 6.06. The van der Waals surface area contributed by atoms with E-state index in [9.17, 15) is 29.1 Å². The summed E-state index contributed by atoms with van der Waals surface area (Å²) in [5.41, 5.74) is 6.98. The van der Waals surface area contributed by atoms with Gasteiger partial charge in [0.15, 0.2) is 0 Å². The van der Waals surface area contributed by atoms with Gasteiger partial charge in [-0.2, -0.15) is 0 Å². The molecule has 11 nitrogen and oxygen atoms in total. The molecule has 198 valence electrons. The summed E-state index contributed by atoms with van der Waals surface area (Å²) in [4.78, 5) is 62.8. The van der Waals surface area contributed by atoms with Crippen molar-refractivity contribution in [1.29, 1.82) is 0 Å². The number of carbonyl (C=O) groups excluding carboxylic acids is 3. The highest BCUT2D eigenvalue weighted by Gasteiger charge is 2.39. The number of nitrogens with one attached hydrogen (secondary N) is 2. The van der Waals surface area contributed by atoms with Gasteiger partial charge in [-0.15, -0.1) is 0 Å². The number of hydrogen-bond acceptors (Lipinski definition) is 6.